The number of pyridine rings is 1. The Morgan fingerprint density at radius 1 is 1.11 bits per heavy atom. The van der Waals surface area contributed by atoms with Gasteiger partial charge in [-0.05, 0) is 24.3 Å². The van der Waals surface area contributed by atoms with Crippen LogP contribution in [0, 0.1) is 0 Å². The SMILES string of the molecule is COCCNc1nc(SCc2cc(=O)n3ccccc3n2)nc2ccccc12. The molecule has 1 N–H and O–H groups in total. The van der Waals surface area contributed by atoms with E-state index in [1.807, 2.05) is 42.5 Å². The number of fused-ring (bicyclic) bond motifs is 2. The van der Waals surface area contributed by atoms with Gasteiger partial charge in [-0.3, -0.25) is 9.20 Å². The maximum atomic E-state index is 12.2. The Hall–Kier alpha value is -2.97. The van der Waals surface area contributed by atoms with Crippen molar-refractivity contribution in [2.45, 2.75) is 10.9 Å². The molecule has 0 aliphatic carbocycles. The first-order chi connectivity index (χ1) is 13.7. The standard InChI is InChI=1S/C20H19N5O2S/c1-27-11-9-21-19-15-6-2-3-7-16(15)23-20(24-19)28-13-14-12-18(26)25-10-5-4-8-17(25)22-14/h2-8,10,12H,9,11,13H2,1H3,(H,21,23,24). The maximum absolute atomic E-state index is 12.2. The molecule has 0 radical (unpaired) electrons. The van der Waals surface area contributed by atoms with Crippen LogP contribution in [0.25, 0.3) is 16.6 Å². The number of methoxy groups -OCH3 is 1. The van der Waals surface area contributed by atoms with E-state index in [1.54, 1.807) is 19.4 Å². The van der Waals surface area contributed by atoms with Gasteiger partial charge in [0.2, 0.25) is 0 Å². The second kappa shape index (κ2) is 8.37. The Bertz CT molecular complexity index is 1180. The van der Waals surface area contributed by atoms with Crippen LogP contribution >= 0.6 is 11.8 Å². The molecule has 3 heterocycles. The molecule has 28 heavy (non-hydrogen) atoms. The molecule has 3 aromatic heterocycles. The van der Waals surface area contributed by atoms with Crippen LogP contribution in [0.15, 0.2) is 64.7 Å². The average Bonchev–Trinajstić information content (AvgIpc) is 2.72. The highest BCUT2D eigenvalue weighted by Crippen LogP contribution is 2.25. The highest BCUT2D eigenvalue weighted by Gasteiger charge is 2.09. The van der Waals surface area contributed by atoms with E-state index in [0.717, 1.165) is 16.7 Å². The van der Waals surface area contributed by atoms with Gasteiger partial charge in [-0.25, -0.2) is 15.0 Å². The molecule has 0 amide bonds. The minimum Gasteiger partial charge on any atom is -0.383 e. The van der Waals surface area contributed by atoms with Crippen LogP contribution in [0.1, 0.15) is 5.69 Å². The van der Waals surface area contributed by atoms with Crippen LogP contribution in [-0.2, 0) is 10.5 Å². The molecule has 4 rings (SSSR count). The number of nitrogens with one attached hydrogen (secondary N) is 1. The summed E-state index contributed by atoms with van der Waals surface area (Å²) in [6.45, 7) is 1.25. The van der Waals surface area contributed by atoms with Crippen molar-refractivity contribution in [3.63, 3.8) is 0 Å². The van der Waals surface area contributed by atoms with Gasteiger partial charge in [0, 0.05) is 37.1 Å². The highest BCUT2D eigenvalue weighted by molar-refractivity contribution is 7.98. The second-order valence-electron chi connectivity index (χ2n) is 6.09. The fraction of sp³-hybridized carbons (Fsp3) is 0.200. The summed E-state index contributed by atoms with van der Waals surface area (Å²) in [5.41, 5.74) is 2.10. The molecule has 4 aromatic rings. The van der Waals surface area contributed by atoms with E-state index < -0.39 is 0 Å². The van der Waals surface area contributed by atoms with E-state index in [0.29, 0.717) is 35.4 Å². The summed E-state index contributed by atoms with van der Waals surface area (Å²) in [4.78, 5) is 26.1. The van der Waals surface area contributed by atoms with Crippen molar-refractivity contribution >= 4 is 34.1 Å². The first-order valence-electron chi connectivity index (χ1n) is 8.84. The van der Waals surface area contributed by atoms with Gasteiger partial charge in [0.15, 0.2) is 5.16 Å². The number of ether oxygens (including phenoxy) is 1. The zero-order valence-corrected chi connectivity index (χ0v) is 16.1. The summed E-state index contributed by atoms with van der Waals surface area (Å²) < 4.78 is 6.63. The molecule has 142 valence electrons. The van der Waals surface area contributed by atoms with Gasteiger partial charge in [0.1, 0.15) is 11.5 Å². The average molecular weight is 393 g/mol. The van der Waals surface area contributed by atoms with E-state index in [1.165, 1.54) is 16.2 Å². The maximum Gasteiger partial charge on any atom is 0.258 e. The summed E-state index contributed by atoms with van der Waals surface area (Å²) in [6.07, 6.45) is 1.71. The van der Waals surface area contributed by atoms with Gasteiger partial charge in [-0.2, -0.15) is 0 Å². The summed E-state index contributed by atoms with van der Waals surface area (Å²) in [5.74, 6) is 1.29. The Morgan fingerprint density at radius 2 is 1.96 bits per heavy atom. The molecule has 8 heteroatoms. The molecular formula is C20H19N5O2S. The summed E-state index contributed by atoms with van der Waals surface area (Å²) >= 11 is 1.45. The third-order valence-corrected chi connectivity index (χ3v) is 5.04. The van der Waals surface area contributed by atoms with Gasteiger partial charge in [0.25, 0.3) is 5.56 Å². The lowest BCUT2D eigenvalue weighted by Crippen LogP contribution is -2.14. The fourth-order valence-electron chi connectivity index (χ4n) is 2.84. The second-order valence-corrected chi connectivity index (χ2v) is 7.04. The van der Waals surface area contributed by atoms with Crippen molar-refractivity contribution < 1.29 is 4.74 Å². The molecular weight excluding hydrogens is 374 g/mol. The lowest BCUT2D eigenvalue weighted by Gasteiger charge is -2.10. The normalized spacial score (nSPS) is 11.2. The Kier molecular flexibility index (Phi) is 5.50. The molecule has 0 atom stereocenters. The number of benzene rings is 1. The Morgan fingerprint density at radius 3 is 2.86 bits per heavy atom. The van der Waals surface area contributed by atoms with Gasteiger partial charge in [0.05, 0.1) is 17.8 Å². The van der Waals surface area contributed by atoms with Crippen LogP contribution in [0.4, 0.5) is 5.82 Å². The molecule has 0 bridgehead atoms. The van der Waals surface area contributed by atoms with Gasteiger partial charge in [-0.15, -0.1) is 0 Å². The minimum absolute atomic E-state index is 0.0949. The molecule has 0 saturated heterocycles. The third kappa shape index (κ3) is 3.97. The zero-order chi connectivity index (χ0) is 19.3. The van der Waals surface area contributed by atoms with E-state index in [-0.39, 0.29) is 5.56 Å². The number of aromatic nitrogens is 4. The fourth-order valence-corrected chi connectivity index (χ4v) is 3.59. The van der Waals surface area contributed by atoms with Crippen LogP contribution in [0.2, 0.25) is 0 Å². The Balaban J connectivity index is 1.60. The summed E-state index contributed by atoms with van der Waals surface area (Å²) in [6, 6.07) is 14.9. The molecule has 7 nitrogen and oxygen atoms in total. The lowest BCUT2D eigenvalue weighted by atomic mass is 10.2. The van der Waals surface area contributed by atoms with Crippen LogP contribution in [0.5, 0.6) is 0 Å². The monoisotopic (exact) mass is 393 g/mol. The van der Waals surface area contributed by atoms with Crippen molar-refractivity contribution in [3.05, 3.63) is 70.8 Å². The van der Waals surface area contributed by atoms with Crippen LogP contribution < -0.4 is 10.9 Å². The van der Waals surface area contributed by atoms with E-state index in [2.05, 4.69) is 20.3 Å². The molecule has 0 spiro atoms. The number of hydrogen-bond acceptors (Lipinski definition) is 7. The number of hydrogen-bond donors (Lipinski definition) is 1. The van der Waals surface area contributed by atoms with Crippen LogP contribution in [0.3, 0.4) is 0 Å². The molecule has 0 aliphatic heterocycles. The first kappa shape index (κ1) is 18.4. The van der Waals surface area contributed by atoms with E-state index in [9.17, 15) is 4.79 Å². The molecule has 0 unspecified atom stereocenters. The topological polar surface area (TPSA) is 81.4 Å². The minimum atomic E-state index is -0.0949. The predicted octanol–water partition coefficient (Wildman–Crippen LogP) is 2.99. The zero-order valence-electron chi connectivity index (χ0n) is 15.3. The molecule has 0 aliphatic rings. The largest absolute Gasteiger partial charge is 0.383 e. The van der Waals surface area contributed by atoms with Crippen molar-refractivity contribution in [3.8, 4) is 0 Å². The summed E-state index contributed by atoms with van der Waals surface area (Å²) in [7, 11) is 1.67. The van der Waals surface area contributed by atoms with E-state index in [4.69, 9.17) is 4.74 Å². The van der Waals surface area contributed by atoms with Gasteiger partial charge in [-0.1, -0.05) is 30.0 Å². The third-order valence-electron chi connectivity index (χ3n) is 4.15. The Labute approximate surface area is 165 Å². The predicted molar refractivity (Wildman–Crippen MR) is 111 cm³/mol. The van der Waals surface area contributed by atoms with Crippen molar-refractivity contribution in [2.24, 2.45) is 0 Å². The van der Waals surface area contributed by atoms with Gasteiger partial charge < -0.3 is 10.1 Å². The van der Waals surface area contributed by atoms with Crippen molar-refractivity contribution in [1.29, 1.82) is 0 Å². The molecule has 0 fully saturated rings. The number of rotatable bonds is 7. The molecule has 1 aromatic carbocycles. The highest BCUT2D eigenvalue weighted by atomic mass is 32.2. The lowest BCUT2D eigenvalue weighted by molar-refractivity contribution is 0.210. The quantitative estimate of drug-likeness (QED) is 0.294. The molecule has 0 saturated carbocycles. The number of thioether (sulfide) groups is 1. The van der Waals surface area contributed by atoms with Crippen LogP contribution in [-0.4, -0.2) is 39.6 Å². The summed E-state index contributed by atoms with van der Waals surface area (Å²) in [5, 5.41) is 4.90. The number of nitrogens with zero attached hydrogens (tertiary/aromatic N) is 4. The number of anilines is 1. The number of para-hydroxylation sites is 1. The smallest absolute Gasteiger partial charge is 0.258 e. The van der Waals surface area contributed by atoms with Crippen molar-refractivity contribution in [1.82, 2.24) is 19.4 Å². The van der Waals surface area contributed by atoms with E-state index >= 15 is 0 Å². The van der Waals surface area contributed by atoms with Gasteiger partial charge >= 0.3 is 0 Å². The first-order valence-corrected chi connectivity index (χ1v) is 9.83. The van der Waals surface area contributed by atoms with Crippen molar-refractivity contribution in [2.75, 3.05) is 25.6 Å².